The van der Waals surface area contributed by atoms with Crippen molar-refractivity contribution >= 4 is 17.6 Å². The van der Waals surface area contributed by atoms with Crippen LogP contribution in [0.4, 0.5) is 5.69 Å². The van der Waals surface area contributed by atoms with Crippen molar-refractivity contribution in [2.45, 2.75) is 30.4 Å². The van der Waals surface area contributed by atoms with E-state index in [-0.39, 0.29) is 18.3 Å². The Bertz CT molecular complexity index is 1500. The Morgan fingerprint density at radius 1 is 0.784 bits per heavy atom. The molecule has 0 saturated carbocycles. The fourth-order valence-electron chi connectivity index (χ4n) is 5.68. The highest BCUT2D eigenvalue weighted by atomic mass is 16.5. The normalized spacial score (nSPS) is 22.2. The van der Waals surface area contributed by atoms with Crippen LogP contribution in [0.15, 0.2) is 115 Å². The molecule has 2 aliphatic heterocycles. The van der Waals surface area contributed by atoms with Crippen LogP contribution >= 0.6 is 0 Å². The van der Waals surface area contributed by atoms with Gasteiger partial charge in [-0.15, -0.1) is 0 Å². The molecule has 4 aromatic rings. The minimum Gasteiger partial charge on any atom is -0.448 e. The summed E-state index contributed by atoms with van der Waals surface area (Å²) in [5.74, 6) is 5.53. The van der Waals surface area contributed by atoms with Gasteiger partial charge in [-0.1, -0.05) is 109 Å². The van der Waals surface area contributed by atoms with Crippen molar-refractivity contribution in [2.24, 2.45) is 0 Å². The van der Waals surface area contributed by atoms with Gasteiger partial charge in [0, 0.05) is 17.2 Å². The van der Waals surface area contributed by atoms with Crippen LogP contribution in [-0.2, 0) is 26.3 Å². The third-order valence-corrected chi connectivity index (χ3v) is 7.33. The van der Waals surface area contributed by atoms with E-state index in [0.717, 1.165) is 27.9 Å². The average molecular weight is 484 g/mol. The van der Waals surface area contributed by atoms with Crippen LogP contribution in [0.2, 0.25) is 0 Å². The SMILES string of the molecule is O=C1C[C@H](c2ccccc2)[C@]2(C(=O)N(Cc3ccccc3)c3ccccc32)[C@@H](C#Cc2ccccc2)O1. The summed E-state index contributed by atoms with van der Waals surface area (Å²) in [6.45, 7) is 0.423. The molecule has 1 fully saturated rings. The smallest absolute Gasteiger partial charge is 0.307 e. The first-order chi connectivity index (χ1) is 18.2. The third-order valence-electron chi connectivity index (χ3n) is 7.33. The lowest BCUT2D eigenvalue weighted by atomic mass is 9.62. The van der Waals surface area contributed by atoms with E-state index >= 15 is 0 Å². The van der Waals surface area contributed by atoms with E-state index in [9.17, 15) is 9.59 Å². The number of carbonyl (C=O) groups is 2. The number of benzene rings is 4. The summed E-state index contributed by atoms with van der Waals surface area (Å²) in [5.41, 5.74) is 3.28. The predicted molar refractivity (Wildman–Crippen MR) is 143 cm³/mol. The molecule has 2 aliphatic rings. The van der Waals surface area contributed by atoms with E-state index < -0.39 is 17.4 Å². The molecule has 0 bridgehead atoms. The van der Waals surface area contributed by atoms with Gasteiger partial charge >= 0.3 is 5.97 Å². The number of anilines is 1. The predicted octanol–water partition coefficient (Wildman–Crippen LogP) is 5.62. The molecule has 4 nitrogen and oxygen atoms in total. The molecule has 3 atom stereocenters. The lowest BCUT2D eigenvalue weighted by molar-refractivity contribution is -0.160. The molecule has 0 aromatic heterocycles. The zero-order valence-electron chi connectivity index (χ0n) is 20.2. The lowest BCUT2D eigenvalue weighted by Crippen LogP contribution is -2.56. The second kappa shape index (κ2) is 9.44. The van der Waals surface area contributed by atoms with Crippen LogP contribution in [0.5, 0.6) is 0 Å². The van der Waals surface area contributed by atoms with Crippen LogP contribution in [0.25, 0.3) is 0 Å². The number of rotatable bonds is 3. The molecule has 2 heterocycles. The van der Waals surface area contributed by atoms with Gasteiger partial charge < -0.3 is 9.64 Å². The topological polar surface area (TPSA) is 46.6 Å². The van der Waals surface area contributed by atoms with Gasteiger partial charge in [-0.05, 0) is 34.9 Å². The fourth-order valence-corrected chi connectivity index (χ4v) is 5.68. The van der Waals surface area contributed by atoms with Crippen molar-refractivity contribution in [2.75, 3.05) is 4.90 Å². The van der Waals surface area contributed by atoms with Crippen LogP contribution in [0.3, 0.4) is 0 Å². The molecule has 37 heavy (non-hydrogen) atoms. The first kappa shape index (κ1) is 22.8. The maximum absolute atomic E-state index is 14.7. The lowest BCUT2D eigenvalue weighted by Gasteiger charge is -2.43. The summed E-state index contributed by atoms with van der Waals surface area (Å²) < 4.78 is 5.96. The second-order valence-electron chi connectivity index (χ2n) is 9.44. The number of fused-ring (bicyclic) bond motifs is 2. The summed E-state index contributed by atoms with van der Waals surface area (Å²) >= 11 is 0. The highest BCUT2D eigenvalue weighted by Crippen LogP contribution is 2.56. The maximum atomic E-state index is 14.7. The Morgan fingerprint density at radius 3 is 2.14 bits per heavy atom. The van der Waals surface area contributed by atoms with E-state index in [1.54, 1.807) is 0 Å². The maximum Gasteiger partial charge on any atom is 0.307 e. The quantitative estimate of drug-likeness (QED) is 0.281. The molecular formula is C33H25NO3. The van der Waals surface area contributed by atoms with Crippen LogP contribution in [0, 0.1) is 11.8 Å². The molecule has 0 aliphatic carbocycles. The van der Waals surface area contributed by atoms with Crippen LogP contribution in [-0.4, -0.2) is 18.0 Å². The molecule has 0 N–H and O–H groups in total. The number of ether oxygens (including phenoxy) is 1. The zero-order valence-corrected chi connectivity index (χ0v) is 20.2. The molecule has 4 heteroatoms. The van der Waals surface area contributed by atoms with Gasteiger partial charge in [-0.2, -0.15) is 0 Å². The Hall–Kier alpha value is -4.62. The molecule has 1 amide bonds. The summed E-state index contributed by atoms with van der Waals surface area (Å²) in [4.78, 5) is 29.5. The van der Waals surface area contributed by atoms with E-state index in [2.05, 4.69) is 11.8 Å². The number of hydrogen-bond acceptors (Lipinski definition) is 3. The molecule has 6 rings (SSSR count). The molecule has 1 saturated heterocycles. The molecular weight excluding hydrogens is 458 g/mol. The molecule has 4 aromatic carbocycles. The number of carbonyl (C=O) groups excluding carboxylic acids is 2. The second-order valence-corrected chi connectivity index (χ2v) is 9.44. The van der Waals surface area contributed by atoms with Crippen molar-refractivity contribution in [3.8, 4) is 11.8 Å². The van der Waals surface area contributed by atoms with E-state index in [1.807, 2.05) is 120 Å². The highest BCUT2D eigenvalue weighted by Gasteiger charge is 2.64. The number of amides is 1. The van der Waals surface area contributed by atoms with Gasteiger partial charge in [0.2, 0.25) is 5.91 Å². The summed E-state index contributed by atoms with van der Waals surface area (Å²) in [5, 5.41) is 0. The number of para-hydroxylation sites is 1. The Balaban J connectivity index is 1.56. The van der Waals surface area contributed by atoms with E-state index in [4.69, 9.17) is 4.74 Å². The van der Waals surface area contributed by atoms with Gasteiger partial charge in [0.15, 0.2) is 6.10 Å². The van der Waals surface area contributed by atoms with Gasteiger partial charge in [0.05, 0.1) is 13.0 Å². The van der Waals surface area contributed by atoms with Gasteiger partial charge in [0.25, 0.3) is 0 Å². The van der Waals surface area contributed by atoms with E-state index in [0.29, 0.717) is 6.54 Å². The Kier molecular flexibility index (Phi) is 5.82. The fraction of sp³-hybridized carbons (Fsp3) is 0.152. The minimum atomic E-state index is -1.16. The Labute approximate surface area is 216 Å². The molecule has 0 unspecified atom stereocenters. The number of nitrogens with zero attached hydrogens (tertiary/aromatic N) is 1. The average Bonchev–Trinajstić information content (AvgIpc) is 3.19. The largest absolute Gasteiger partial charge is 0.448 e. The van der Waals surface area contributed by atoms with E-state index in [1.165, 1.54) is 0 Å². The molecule has 180 valence electrons. The van der Waals surface area contributed by atoms with Crippen molar-refractivity contribution in [1.82, 2.24) is 0 Å². The standard InChI is InChI=1S/C33H25NO3/c35-31-22-28(26-16-8-3-9-17-26)33(30(37-31)21-20-24-12-4-1-5-13-24)27-18-10-11-19-29(27)34(32(33)36)23-25-14-6-2-7-15-25/h1-19,28,30H,22-23H2/t28-,30-,33+/m1/s1. The zero-order chi connectivity index (χ0) is 25.2. The number of cyclic esters (lactones) is 1. The van der Waals surface area contributed by atoms with Gasteiger partial charge in [0.1, 0.15) is 5.41 Å². The van der Waals surface area contributed by atoms with Crippen molar-refractivity contribution in [3.63, 3.8) is 0 Å². The summed E-state index contributed by atoms with van der Waals surface area (Å²) in [7, 11) is 0. The first-order valence-corrected chi connectivity index (χ1v) is 12.4. The van der Waals surface area contributed by atoms with Gasteiger partial charge in [-0.25, -0.2) is 0 Å². The van der Waals surface area contributed by atoms with Crippen LogP contribution in [0.1, 0.15) is 34.6 Å². The summed E-state index contributed by atoms with van der Waals surface area (Å²) in [6.07, 6.45) is -0.833. The number of esters is 1. The van der Waals surface area contributed by atoms with Crippen molar-refractivity contribution < 1.29 is 14.3 Å². The van der Waals surface area contributed by atoms with Crippen molar-refractivity contribution in [3.05, 3.63) is 138 Å². The molecule has 1 spiro atoms. The molecule has 0 radical (unpaired) electrons. The third kappa shape index (κ3) is 3.90. The minimum absolute atomic E-state index is 0.0914. The van der Waals surface area contributed by atoms with Crippen LogP contribution < -0.4 is 4.90 Å². The van der Waals surface area contributed by atoms with Gasteiger partial charge in [-0.3, -0.25) is 9.59 Å². The van der Waals surface area contributed by atoms with Crippen molar-refractivity contribution in [1.29, 1.82) is 0 Å². The first-order valence-electron chi connectivity index (χ1n) is 12.4. The Morgan fingerprint density at radius 2 is 1.41 bits per heavy atom. The summed E-state index contributed by atoms with van der Waals surface area (Å²) in [6, 6.07) is 37.2. The monoisotopic (exact) mass is 483 g/mol. The number of hydrogen-bond donors (Lipinski definition) is 0. The highest BCUT2D eigenvalue weighted by molar-refractivity contribution is 6.10.